The molecule has 0 spiro atoms. The van der Waals surface area contributed by atoms with E-state index in [0.29, 0.717) is 17.9 Å². The molecule has 0 aliphatic heterocycles. The molecule has 0 unspecified atom stereocenters. The van der Waals surface area contributed by atoms with E-state index in [2.05, 4.69) is 16.4 Å². The fraction of sp³-hybridized carbons (Fsp3) is 0.167. The van der Waals surface area contributed by atoms with E-state index < -0.39 is 0 Å². The molecule has 0 bridgehead atoms. The minimum absolute atomic E-state index is 0.516. The highest BCUT2D eigenvalue weighted by Gasteiger charge is 2.05. The lowest BCUT2D eigenvalue weighted by molar-refractivity contribution is 0.416. The van der Waals surface area contributed by atoms with Crippen molar-refractivity contribution < 1.29 is 9.15 Å². The molecule has 0 amide bonds. The second-order valence-corrected chi connectivity index (χ2v) is 3.35. The minimum atomic E-state index is 0.516. The molecule has 1 aromatic heterocycles. The number of oxazole rings is 1. The van der Waals surface area contributed by atoms with Crippen molar-refractivity contribution in [3.63, 3.8) is 0 Å². The smallest absolute Gasteiger partial charge is 0.180 e. The second-order valence-electron chi connectivity index (χ2n) is 3.35. The molecule has 1 heterocycles. The van der Waals surface area contributed by atoms with Crippen LogP contribution >= 0.6 is 0 Å². The van der Waals surface area contributed by atoms with Crippen molar-refractivity contribution >= 4 is 5.69 Å². The van der Waals surface area contributed by atoms with Crippen molar-refractivity contribution in [3.8, 4) is 11.8 Å². The molecular formula is C12H11N3O2. The van der Waals surface area contributed by atoms with Crippen LogP contribution in [0.2, 0.25) is 0 Å². The third-order valence-electron chi connectivity index (χ3n) is 2.27. The Kier molecular flexibility index (Phi) is 3.26. The predicted octanol–water partition coefficient (Wildman–Crippen LogP) is 2.17. The maximum atomic E-state index is 8.78. The summed E-state index contributed by atoms with van der Waals surface area (Å²) in [5, 5.41) is 11.9. The van der Waals surface area contributed by atoms with E-state index in [0.717, 1.165) is 11.4 Å². The van der Waals surface area contributed by atoms with Crippen molar-refractivity contribution in [2.24, 2.45) is 0 Å². The van der Waals surface area contributed by atoms with Crippen LogP contribution in [0.15, 0.2) is 35.2 Å². The molecule has 86 valence electrons. The monoisotopic (exact) mass is 229 g/mol. The summed E-state index contributed by atoms with van der Waals surface area (Å²) < 4.78 is 10.3. The number of ether oxygens (including phenoxy) is 1. The Morgan fingerprint density at radius 3 is 3.06 bits per heavy atom. The largest absolute Gasteiger partial charge is 0.495 e. The fourth-order valence-electron chi connectivity index (χ4n) is 1.42. The molecule has 0 saturated carbocycles. The van der Waals surface area contributed by atoms with E-state index in [9.17, 15) is 0 Å². The van der Waals surface area contributed by atoms with Crippen LogP contribution in [-0.2, 0) is 6.54 Å². The molecule has 0 fully saturated rings. The Morgan fingerprint density at radius 2 is 2.41 bits per heavy atom. The Morgan fingerprint density at radius 1 is 1.53 bits per heavy atom. The van der Waals surface area contributed by atoms with Gasteiger partial charge in [0.25, 0.3) is 0 Å². The first-order valence-corrected chi connectivity index (χ1v) is 5.03. The third kappa shape index (κ3) is 2.55. The lowest BCUT2D eigenvalue weighted by Gasteiger charge is -2.09. The minimum Gasteiger partial charge on any atom is -0.495 e. The van der Waals surface area contributed by atoms with Gasteiger partial charge in [0.1, 0.15) is 11.5 Å². The molecule has 1 N–H and O–H groups in total. The Balaban J connectivity index is 2.13. The van der Waals surface area contributed by atoms with Gasteiger partial charge in [-0.05, 0) is 12.1 Å². The zero-order chi connectivity index (χ0) is 12.1. The summed E-state index contributed by atoms with van der Waals surface area (Å²) in [6.07, 6.45) is 3.02. The van der Waals surface area contributed by atoms with Crippen molar-refractivity contribution in [2.75, 3.05) is 12.4 Å². The quantitative estimate of drug-likeness (QED) is 0.869. The van der Waals surface area contributed by atoms with E-state index >= 15 is 0 Å². The number of benzene rings is 1. The first kappa shape index (κ1) is 11.0. The van der Waals surface area contributed by atoms with Gasteiger partial charge in [0.2, 0.25) is 0 Å². The molecule has 2 aromatic rings. The van der Waals surface area contributed by atoms with Crippen molar-refractivity contribution in [1.82, 2.24) is 4.98 Å². The highest BCUT2D eigenvalue weighted by molar-refractivity contribution is 5.59. The lowest BCUT2D eigenvalue weighted by Crippen LogP contribution is -2.00. The number of rotatable bonds is 4. The summed E-state index contributed by atoms with van der Waals surface area (Å²) >= 11 is 0. The molecule has 0 aliphatic rings. The normalized spacial score (nSPS) is 9.65. The number of anilines is 1. The number of nitrogens with one attached hydrogen (secondary N) is 1. The molecular weight excluding hydrogens is 218 g/mol. The van der Waals surface area contributed by atoms with Crippen LogP contribution in [0.5, 0.6) is 5.75 Å². The standard InChI is InChI=1S/C12H11N3O2/c1-16-12-4-9(5-13)2-3-11(12)15-7-10-6-14-8-17-10/h2-4,6,8,15H,7H2,1H3. The van der Waals surface area contributed by atoms with Crippen molar-refractivity contribution in [1.29, 1.82) is 5.26 Å². The molecule has 0 atom stereocenters. The van der Waals surface area contributed by atoms with Gasteiger partial charge in [-0.15, -0.1) is 0 Å². The van der Waals surface area contributed by atoms with Gasteiger partial charge in [-0.2, -0.15) is 5.26 Å². The van der Waals surface area contributed by atoms with Gasteiger partial charge < -0.3 is 14.5 Å². The molecule has 5 nitrogen and oxygen atoms in total. The summed E-state index contributed by atoms with van der Waals surface area (Å²) in [5.74, 6) is 1.36. The fourth-order valence-corrected chi connectivity index (χ4v) is 1.42. The molecule has 0 saturated heterocycles. The SMILES string of the molecule is COc1cc(C#N)ccc1NCc1cnco1. The number of nitriles is 1. The summed E-state index contributed by atoms with van der Waals surface area (Å²) in [4.78, 5) is 3.82. The van der Waals surface area contributed by atoms with Gasteiger partial charge in [-0.1, -0.05) is 0 Å². The molecule has 0 aliphatic carbocycles. The molecule has 17 heavy (non-hydrogen) atoms. The highest BCUT2D eigenvalue weighted by Crippen LogP contribution is 2.25. The summed E-state index contributed by atoms with van der Waals surface area (Å²) in [7, 11) is 1.57. The molecule has 2 rings (SSSR count). The lowest BCUT2D eigenvalue weighted by atomic mass is 10.2. The zero-order valence-electron chi connectivity index (χ0n) is 9.30. The number of nitrogens with zero attached hydrogens (tertiary/aromatic N) is 2. The average molecular weight is 229 g/mol. The van der Waals surface area contributed by atoms with Gasteiger partial charge in [-0.3, -0.25) is 0 Å². The van der Waals surface area contributed by atoms with Gasteiger partial charge in [0, 0.05) is 6.07 Å². The van der Waals surface area contributed by atoms with Crippen LogP contribution in [0, 0.1) is 11.3 Å². The summed E-state index contributed by atoms with van der Waals surface area (Å²) in [6.45, 7) is 0.516. The van der Waals surface area contributed by atoms with Crippen molar-refractivity contribution in [2.45, 2.75) is 6.54 Å². The summed E-state index contributed by atoms with van der Waals surface area (Å²) in [5.41, 5.74) is 1.37. The third-order valence-corrected chi connectivity index (χ3v) is 2.27. The van der Waals surface area contributed by atoms with Crippen LogP contribution in [0.25, 0.3) is 0 Å². The van der Waals surface area contributed by atoms with E-state index in [4.69, 9.17) is 14.4 Å². The molecule has 0 radical (unpaired) electrons. The van der Waals surface area contributed by atoms with Crippen LogP contribution in [0.3, 0.4) is 0 Å². The van der Waals surface area contributed by atoms with E-state index in [1.165, 1.54) is 6.39 Å². The van der Waals surface area contributed by atoms with Crippen LogP contribution < -0.4 is 10.1 Å². The maximum absolute atomic E-state index is 8.78. The van der Waals surface area contributed by atoms with Gasteiger partial charge >= 0.3 is 0 Å². The first-order valence-electron chi connectivity index (χ1n) is 5.03. The highest BCUT2D eigenvalue weighted by atomic mass is 16.5. The number of aromatic nitrogens is 1. The zero-order valence-corrected chi connectivity index (χ0v) is 9.30. The molecule has 1 aromatic carbocycles. The van der Waals surface area contributed by atoms with Crippen LogP contribution in [-0.4, -0.2) is 12.1 Å². The van der Waals surface area contributed by atoms with Crippen LogP contribution in [0.1, 0.15) is 11.3 Å². The first-order chi connectivity index (χ1) is 8.33. The van der Waals surface area contributed by atoms with E-state index in [-0.39, 0.29) is 0 Å². The van der Waals surface area contributed by atoms with Gasteiger partial charge in [0.15, 0.2) is 6.39 Å². The van der Waals surface area contributed by atoms with Crippen molar-refractivity contribution in [3.05, 3.63) is 42.1 Å². The Hall–Kier alpha value is -2.48. The topological polar surface area (TPSA) is 71.1 Å². The Labute approximate surface area is 98.7 Å². The maximum Gasteiger partial charge on any atom is 0.180 e. The molecule has 5 heteroatoms. The van der Waals surface area contributed by atoms with Crippen LogP contribution in [0.4, 0.5) is 5.69 Å². The average Bonchev–Trinajstić information content (AvgIpc) is 2.89. The number of hydrogen-bond acceptors (Lipinski definition) is 5. The van der Waals surface area contributed by atoms with Gasteiger partial charge in [-0.25, -0.2) is 4.98 Å². The van der Waals surface area contributed by atoms with Gasteiger partial charge in [0.05, 0.1) is 37.2 Å². The summed E-state index contributed by atoms with van der Waals surface area (Å²) in [6, 6.07) is 7.27. The second kappa shape index (κ2) is 5.03. The van der Waals surface area contributed by atoms with E-state index in [1.54, 1.807) is 31.5 Å². The Bertz CT molecular complexity index is 529. The van der Waals surface area contributed by atoms with E-state index in [1.807, 2.05) is 0 Å². The number of hydrogen-bond donors (Lipinski definition) is 1. The number of methoxy groups -OCH3 is 1. The predicted molar refractivity (Wildman–Crippen MR) is 61.5 cm³/mol.